The molecule has 1 N–H and O–H groups in total. The Morgan fingerprint density at radius 2 is 1.75 bits per heavy atom. The lowest BCUT2D eigenvalue weighted by atomic mass is 10.2. The summed E-state index contributed by atoms with van der Waals surface area (Å²) < 4.78 is 14.9. The number of aliphatic hydroxyl groups is 1. The summed E-state index contributed by atoms with van der Waals surface area (Å²) >= 11 is 6.36. The summed E-state index contributed by atoms with van der Waals surface area (Å²) in [5, 5.41) is 11.0. The van der Waals surface area contributed by atoms with E-state index in [4.69, 9.17) is 11.6 Å². The van der Waals surface area contributed by atoms with Crippen LogP contribution in [0.15, 0.2) is 48.5 Å². The molecule has 1 aromatic heterocycles. The minimum absolute atomic E-state index is 0.101. The van der Waals surface area contributed by atoms with Gasteiger partial charge in [0.05, 0.1) is 6.61 Å². The molecule has 0 aliphatic carbocycles. The van der Waals surface area contributed by atoms with Gasteiger partial charge in [-0.1, -0.05) is 41.9 Å². The van der Waals surface area contributed by atoms with Crippen molar-refractivity contribution >= 4 is 22.5 Å². The monoisotopic (exact) mass is 289 g/mol. The molecule has 0 amide bonds. The van der Waals surface area contributed by atoms with Crippen LogP contribution in [0, 0.1) is 5.82 Å². The normalized spacial score (nSPS) is 11.2. The van der Waals surface area contributed by atoms with Crippen molar-refractivity contribution in [3.05, 3.63) is 70.6 Å². The molecule has 0 radical (unpaired) electrons. The van der Waals surface area contributed by atoms with Gasteiger partial charge in [-0.15, -0.1) is 0 Å². The minimum atomic E-state index is -0.256. The van der Waals surface area contributed by atoms with Crippen molar-refractivity contribution in [3.63, 3.8) is 0 Å². The molecule has 1 heterocycles. The Bertz CT molecular complexity index is 749. The van der Waals surface area contributed by atoms with Gasteiger partial charge in [-0.3, -0.25) is 0 Å². The summed E-state index contributed by atoms with van der Waals surface area (Å²) in [4.78, 5) is 0. The predicted octanol–water partition coefficient (Wildman–Crippen LogP) is 3.97. The van der Waals surface area contributed by atoms with E-state index in [0.717, 1.165) is 22.0 Å². The summed E-state index contributed by atoms with van der Waals surface area (Å²) in [6.07, 6.45) is 0. The Morgan fingerprint density at radius 3 is 2.45 bits per heavy atom. The Kier molecular flexibility index (Phi) is 3.47. The maximum atomic E-state index is 13.0. The highest BCUT2D eigenvalue weighted by atomic mass is 35.5. The number of fused-ring (bicyclic) bond motifs is 1. The summed E-state index contributed by atoms with van der Waals surface area (Å²) in [5.74, 6) is -0.256. The molecule has 2 nitrogen and oxygen atoms in total. The van der Waals surface area contributed by atoms with Crippen LogP contribution in [0.4, 0.5) is 4.39 Å². The SMILES string of the molecule is OCc1c(Cl)n(Cc2ccc(F)cc2)c2ccccc12. The van der Waals surface area contributed by atoms with Crippen molar-refractivity contribution in [3.8, 4) is 0 Å². The van der Waals surface area contributed by atoms with Crippen molar-refractivity contribution in [2.45, 2.75) is 13.2 Å². The highest BCUT2D eigenvalue weighted by Crippen LogP contribution is 2.30. The zero-order valence-corrected chi connectivity index (χ0v) is 11.4. The maximum absolute atomic E-state index is 13.0. The largest absolute Gasteiger partial charge is 0.392 e. The first kappa shape index (κ1) is 13.2. The van der Waals surface area contributed by atoms with Gasteiger partial charge in [0.1, 0.15) is 11.0 Å². The van der Waals surface area contributed by atoms with Crippen molar-refractivity contribution in [1.29, 1.82) is 0 Å². The van der Waals surface area contributed by atoms with Gasteiger partial charge in [0.25, 0.3) is 0 Å². The van der Waals surface area contributed by atoms with Gasteiger partial charge in [-0.05, 0) is 23.8 Å². The van der Waals surface area contributed by atoms with Gasteiger partial charge in [0.15, 0.2) is 0 Å². The quantitative estimate of drug-likeness (QED) is 0.775. The van der Waals surface area contributed by atoms with Crippen LogP contribution in [0.5, 0.6) is 0 Å². The molecule has 0 aliphatic heterocycles. The van der Waals surface area contributed by atoms with Gasteiger partial charge in [-0.25, -0.2) is 4.39 Å². The number of rotatable bonds is 3. The van der Waals surface area contributed by atoms with Crippen LogP contribution in [-0.4, -0.2) is 9.67 Å². The van der Waals surface area contributed by atoms with Gasteiger partial charge in [0, 0.05) is 23.0 Å². The number of hydrogen-bond acceptors (Lipinski definition) is 1. The first-order chi connectivity index (χ1) is 9.70. The molecule has 102 valence electrons. The molecule has 0 saturated heterocycles. The molecule has 4 heteroatoms. The molecule has 0 atom stereocenters. The molecule has 0 saturated carbocycles. The second-order valence-electron chi connectivity index (χ2n) is 4.66. The molecule has 20 heavy (non-hydrogen) atoms. The molecule has 0 bridgehead atoms. The number of hydrogen-bond donors (Lipinski definition) is 1. The summed E-state index contributed by atoms with van der Waals surface area (Å²) in [6.45, 7) is 0.440. The van der Waals surface area contributed by atoms with E-state index >= 15 is 0 Å². The average molecular weight is 290 g/mol. The highest BCUT2D eigenvalue weighted by molar-refractivity contribution is 6.32. The number of benzene rings is 2. The van der Waals surface area contributed by atoms with Crippen LogP contribution in [0.3, 0.4) is 0 Å². The molecule has 0 unspecified atom stereocenters. The molecular formula is C16H13ClFNO. The van der Waals surface area contributed by atoms with E-state index in [1.807, 2.05) is 28.8 Å². The summed E-state index contributed by atoms with van der Waals surface area (Å²) in [5.41, 5.74) is 2.65. The van der Waals surface area contributed by atoms with Crippen molar-refractivity contribution in [2.24, 2.45) is 0 Å². The van der Waals surface area contributed by atoms with Crippen molar-refractivity contribution in [2.75, 3.05) is 0 Å². The fourth-order valence-corrected chi connectivity index (χ4v) is 2.73. The van der Waals surface area contributed by atoms with Crippen LogP contribution < -0.4 is 0 Å². The Morgan fingerprint density at radius 1 is 1.05 bits per heavy atom. The van der Waals surface area contributed by atoms with E-state index in [1.165, 1.54) is 12.1 Å². The third kappa shape index (κ3) is 2.19. The smallest absolute Gasteiger partial charge is 0.123 e. The van der Waals surface area contributed by atoms with Crippen LogP contribution >= 0.6 is 11.6 Å². The topological polar surface area (TPSA) is 25.2 Å². The van der Waals surface area contributed by atoms with Gasteiger partial charge in [0.2, 0.25) is 0 Å². The number of nitrogens with zero attached hydrogens (tertiary/aromatic N) is 1. The molecule has 3 aromatic rings. The van der Waals surface area contributed by atoms with Crippen molar-refractivity contribution < 1.29 is 9.50 Å². The lowest BCUT2D eigenvalue weighted by Gasteiger charge is -2.07. The second-order valence-corrected chi connectivity index (χ2v) is 5.02. The van der Waals surface area contributed by atoms with E-state index in [0.29, 0.717) is 11.7 Å². The molecule has 0 fully saturated rings. The fraction of sp³-hybridized carbons (Fsp3) is 0.125. The molecule has 3 rings (SSSR count). The second kappa shape index (κ2) is 5.27. The Labute approximate surface area is 121 Å². The third-order valence-corrected chi connectivity index (χ3v) is 3.85. The number of para-hydroxylation sites is 1. The molecule has 0 aliphatic rings. The van der Waals surface area contributed by atoms with E-state index in [2.05, 4.69) is 0 Å². The highest BCUT2D eigenvalue weighted by Gasteiger charge is 2.14. The zero-order valence-electron chi connectivity index (χ0n) is 10.7. The Balaban J connectivity index is 2.11. The Hall–Kier alpha value is -1.84. The standard InChI is InChI=1S/C16H13ClFNO/c17-16-14(10-20)13-3-1-2-4-15(13)19(16)9-11-5-7-12(18)8-6-11/h1-8,20H,9-10H2. The third-order valence-electron chi connectivity index (χ3n) is 3.42. The first-order valence-corrected chi connectivity index (χ1v) is 6.69. The maximum Gasteiger partial charge on any atom is 0.123 e. The fourth-order valence-electron chi connectivity index (χ4n) is 2.42. The van der Waals surface area contributed by atoms with Gasteiger partial charge < -0.3 is 9.67 Å². The summed E-state index contributed by atoms with van der Waals surface area (Å²) in [7, 11) is 0. The number of aromatic nitrogens is 1. The number of halogens is 2. The van der Waals surface area contributed by atoms with Crippen LogP contribution in [0.1, 0.15) is 11.1 Å². The van der Waals surface area contributed by atoms with Crippen LogP contribution in [0.25, 0.3) is 10.9 Å². The van der Waals surface area contributed by atoms with E-state index < -0.39 is 0 Å². The van der Waals surface area contributed by atoms with E-state index in [1.54, 1.807) is 12.1 Å². The predicted molar refractivity (Wildman–Crippen MR) is 78.4 cm³/mol. The van der Waals surface area contributed by atoms with Crippen molar-refractivity contribution in [1.82, 2.24) is 4.57 Å². The van der Waals surface area contributed by atoms with E-state index in [9.17, 15) is 9.50 Å². The molecule has 2 aromatic carbocycles. The molecule has 0 spiro atoms. The summed E-state index contributed by atoms with van der Waals surface area (Å²) in [6, 6.07) is 14.1. The lowest BCUT2D eigenvalue weighted by Crippen LogP contribution is -2.00. The number of aliphatic hydroxyl groups excluding tert-OH is 1. The zero-order chi connectivity index (χ0) is 14.1. The van der Waals surface area contributed by atoms with Gasteiger partial charge in [-0.2, -0.15) is 0 Å². The van der Waals surface area contributed by atoms with E-state index in [-0.39, 0.29) is 12.4 Å². The van der Waals surface area contributed by atoms with Crippen LogP contribution in [-0.2, 0) is 13.2 Å². The minimum Gasteiger partial charge on any atom is -0.392 e. The first-order valence-electron chi connectivity index (χ1n) is 6.31. The lowest BCUT2D eigenvalue weighted by molar-refractivity contribution is 0.283. The average Bonchev–Trinajstić information content (AvgIpc) is 2.74. The molecular weight excluding hydrogens is 277 g/mol. The van der Waals surface area contributed by atoms with Gasteiger partial charge >= 0.3 is 0 Å². The van der Waals surface area contributed by atoms with Crippen LogP contribution in [0.2, 0.25) is 5.15 Å².